The lowest BCUT2D eigenvalue weighted by molar-refractivity contribution is 0.476. The van der Waals surface area contributed by atoms with Gasteiger partial charge >= 0.3 is 0 Å². The summed E-state index contributed by atoms with van der Waals surface area (Å²) in [6, 6.07) is 9.79. The van der Waals surface area contributed by atoms with Crippen LogP contribution in [0.15, 0.2) is 34.7 Å². The van der Waals surface area contributed by atoms with Gasteiger partial charge < -0.3 is 4.42 Å². The van der Waals surface area contributed by atoms with Crippen LogP contribution < -0.4 is 0 Å². The Balaban J connectivity index is 2.32. The highest BCUT2D eigenvalue weighted by molar-refractivity contribution is 6.22. The summed E-state index contributed by atoms with van der Waals surface area (Å²) in [5.41, 5.74) is 1.90. The van der Waals surface area contributed by atoms with E-state index in [4.69, 9.17) is 16.0 Å². The maximum absolute atomic E-state index is 6.26. The average Bonchev–Trinajstić information content (AvgIpc) is 2.59. The maximum Gasteiger partial charge on any atom is 0.217 e. The fraction of sp³-hybridized carbons (Fsp3) is 0.250. The highest BCUT2D eigenvalue weighted by Gasteiger charge is 2.17. The largest absolute Gasteiger partial charge is 0.444 e. The van der Waals surface area contributed by atoms with E-state index in [1.807, 2.05) is 44.2 Å². The summed E-state index contributed by atoms with van der Waals surface area (Å²) in [6.07, 6.45) is 0. The van der Waals surface area contributed by atoms with Crippen LogP contribution in [0.3, 0.4) is 0 Å². The summed E-state index contributed by atoms with van der Waals surface area (Å²) in [4.78, 5) is 4.29. The molecule has 15 heavy (non-hydrogen) atoms. The van der Waals surface area contributed by atoms with Gasteiger partial charge in [-0.1, -0.05) is 30.3 Å². The molecule has 1 aromatic heterocycles. The van der Waals surface area contributed by atoms with Gasteiger partial charge in [0, 0.05) is 0 Å². The molecule has 1 atom stereocenters. The number of rotatable bonds is 2. The first-order valence-corrected chi connectivity index (χ1v) is 5.25. The predicted octanol–water partition coefficient (Wildman–Crippen LogP) is 3.62. The SMILES string of the molecule is Cc1nc([C@H](Cl)c2ccccc2)oc1C. The molecular formula is C12H12ClNO. The minimum atomic E-state index is -0.307. The van der Waals surface area contributed by atoms with Crippen molar-refractivity contribution in [1.82, 2.24) is 4.98 Å². The van der Waals surface area contributed by atoms with Crippen molar-refractivity contribution in [3.8, 4) is 0 Å². The minimum Gasteiger partial charge on any atom is -0.444 e. The van der Waals surface area contributed by atoms with Crippen molar-refractivity contribution in [2.45, 2.75) is 19.2 Å². The number of nitrogens with zero attached hydrogens (tertiary/aromatic N) is 1. The van der Waals surface area contributed by atoms with Crippen LogP contribution in [0.1, 0.15) is 28.3 Å². The van der Waals surface area contributed by atoms with Gasteiger partial charge in [-0.25, -0.2) is 4.98 Å². The Morgan fingerprint density at radius 1 is 1.20 bits per heavy atom. The van der Waals surface area contributed by atoms with E-state index in [9.17, 15) is 0 Å². The molecule has 0 amide bonds. The van der Waals surface area contributed by atoms with Gasteiger partial charge in [-0.05, 0) is 19.4 Å². The van der Waals surface area contributed by atoms with Crippen LogP contribution in [0, 0.1) is 13.8 Å². The fourth-order valence-electron chi connectivity index (χ4n) is 1.37. The number of hydrogen-bond acceptors (Lipinski definition) is 2. The molecule has 0 spiro atoms. The Morgan fingerprint density at radius 3 is 2.40 bits per heavy atom. The molecule has 0 N–H and O–H groups in total. The van der Waals surface area contributed by atoms with Gasteiger partial charge in [0.2, 0.25) is 5.89 Å². The minimum absolute atomic E-state index is 0.307. The van der Waals surface area contributed by atoms with E-state index in [-0.39, 0.29) is 5.38 Å². The number of oxazole rings is 1. The van der Waals surface area contributed by atoms with Crippen LogP contribution in [-0.4, -0.2) is 4.98 Å². The number of benzene rings is 1. The van der Waals surface area contributed by atoms with Crippen LogP contribution in [0.5, 0.6) is 0 Å². The molecular weight excluding hydrogens is 210 g/mol. The molecule has 1 heterocycles. The summed E-state index contributed by atoms with van der Waals surface area (Å²) < 4.78 is 5.49. The Morgan fingerprint density at radius 2 is 1.87 bits per heavy atom. The zero-order chi connectivity index (χ0) is 10.8. The Bertz CT molecular complexity index is 430. The first-order chi connectivity index (χ1) is 7.18. The summed E-state index contributed by atoms with van der Waals surface area (Å²) in [7, 11) is 0. The zero-order valence-electron chi connectivity index (χ0n) is 8.70. The van der Waals surface area contributed by atoms with Crippen molar-refractivity contribution in [2.24, 2.45) is 0 Å². The second-order valence-corrected chi connectivity index (χ2v) is 3.90. The zero-order valence-corrected chi connectivity index (χ0v) is 9.45. The van der Waals surface area contributed by atoms with Crippen LogP contribution in [0.25, 0.3) is 0 Å². The second kappa shape index (κ2) is 4.07. The van der Waals surface area contributed by atoms with Crippen LogP contribution in [0.2, 0.25) is 0 Å². The van der Waals surface area contributed by atoms with Gasteiger partial charge in [0.1, 0.15) is 11.1 Å². The van der Waals surface area contributed by atoms with Crippen molar-refractivity contribution >= 4 is 11.6 Å². The van der Waals surface area contributed by atoms with Gasteiger partial charge in [0.25, 0.3) is 0 Å². The third-order valence-corrected chi connectivity index (χ3v) is 2.79. The molecule has 0 aliphatic heterocycles. The van der Waals surface area contributed by atoms with Crippen LogP contribution in [-0.2, 0) is 0 Å². The third kappa shape index (κ3) is 2.05. The molecule has 1 aromatic carbocycles. The fourth-order valence-corrected chi connectivity index (χ4v) is 1.61. The Labute approximate surface area is 93.9 Å². The van der Waals surface area contributed by atoms with Gasteiger partial charge in [-0.2, -0.15) is 0 Å². The smallest absolute Gasteiger partial charge is 0.217 e. The van der Waals surface area contributed by atoms with Crippen molar-refractivity contribution in [3.05, 3.63) is 53.2 Å². The molecule has 0 aliphatic rings. The Hall–Kier alpha value is -1.28. The van der Waals surface area contributed by atoms with Gasteiger partial charge in [-0.15, -0.1) is 11.6 Å². The first-order valence-electron chi connectivity index (χ1n) is 4.81. The van der Waals surface area contributed by atoms with Crippen molar-refractivity contribution in [3.63, 3.8) is 0 Å². The standard InChI is InChI=1S/C12H12ClNO/c1-8-9(2)15-12(14-8)11(13)10-6-4-3-5-7-10/h3-7,11H,1-2H3/t11-/m1/s1. The highest BCUT2D eigenvalue weighted by Crippen LogP contribution is 2.28. The molecule has 0 saturated carbocycles. The van der Waals surface area contributed by atoms with Gasteiger partial charge in [-0.3, -0.25) is 0 Å². The van der Waals surface area contributed by atoms with E-state index in [2.05, 4.69) is 4.98 Å². The lowest BCUT2D eigenvalue weighted by Crippen LogP contribution is -1.92. The number of aromatic nitrogens is 1. The molecule has 0 aliphatic carbocycles. The van der Waals surface area contributed by atoms with Gasteiger partial charge in [0.05, 0.1) is 5.69 Å². The van der Waals surface area contributed by atoms with Crippen molar-refractivity contribution < 1.29 is 4.42 Å². The quantitative estimate of drug-likeness (QED) is 0.724. The van der Waals surface area contributed by atoms with Crippen molar-refractivity contribution in [2.75, 3.05) is 0 Å². The molecule has 0 bridgehead atoms. The number of aryl methyl sites for hydroxylation is 2. The number of hydrogen-bond donors (Lipinski definition) is 0. The van der Waals surface area contributed by atoms with E-state index in [0.717, 1.165) is 17.0 Å². The molecule has 0 radical (unpaired) electrons. The summed E-state index contributed by atoms with van der Waals surface area (Å²) in [6.45, 7) is 3.80. The molecule has 0 fully saturated rings. The number of alkyl halides is 1. The lowest BCUT2D eigenvalue weighted by atomic mass is 10.1. The summed E-state index contributed by atoms with van der Waals surface area (Å²) >= 11 is 6.26. The normalized spacial score (nSPS) is 12.7. The molecule has 3 heteroatoms. The Kier molecular flexibility index (Phi) is 2.78. The highest BCUT2D eigenvalue weighted by atomic mass is 35.5. The predicted molar refractivity (Wildman–Crippen MR) is 60.1 cm³/mol. The third-order valence-electron chi connectivity index (χ3n) is 2.35. The van der Waals surface area contributed by atoms with Gasteiger partial charge in [0.15, 0.2) is 0 Å². The van der Waals surface area contributed by atoms with E-state index in [0.29, 0.717) is 5.89 Å². The van der Waals surface area contributed by atoms with E-state index < -0.39 is 0 Å². The lowest BCUT2D eigenvalue weighted by Gasteiger charge is -2.04. The topological polar surface area (TPSA) is 26.0 Å². The van der Waals surface area contributed by atoms with E-state index >= 15 is 0 Å². The van der Waals surface area contributed by atoms with Crippen LogP contribution >= 0.6 is 11.6 Å². The molecule has 0 unspecified atom stereocenters. The van der Waals surface area contributed by atoms with E-state index in [1.54, 1.807) is 0 Å². The molecule has 78 valence electrons. The number of halogens is 1. The first kappa shape index (κ1) is 10.2. The molecule has 2 rings (SSSR count). The summed E-state index contributed by atoms with van der Waals surface area (Å²) in [5.74, 6) is 1.39. The second-order valence-electron chi connectivity index (χ2n) is 3.47. The van der Waals surface area contributed by atoms with Crippen LogP contribution in [0.4, 0.5) is 0 Å². The molecule has 2 aromatic rings. The maximum atomic E-state index is 6.26. The monoisotopic (exact) mass is 221 g/mol. The molecule has 2 nitrogen and oxygen atoms in total. The average molecular weight is 222 g/mol. The summed E-state index contributed by atoms with van der Waals surface area (Å²) in [5, 5.41) is -0.307. The van der Waals surface area contributed by atoms with E-state index in [1.165, 1.54) is 0 Å². The molecule has 0 saturated heterocycles. The van der Waals surface area contributed by atoms with Crippen molar-refractivity contribution in [1.29, 1.82) is 0 Å².